The van der Waals surface area contributed by atoms with Crippen molar-refractivity contribution in [2.75, 3.05) is 0 Å². The van der Waals surface area contributed by atoms with Gasteiger partial charge in [0, 0.05) is 0 Å². The molecule has 0 fully saturated rings. The van der Waals surface area contributed by atoms with E-state index < -0.39 is 6.28 Å². The standard InChI is InChI=1S/C18H21BN4O2/c1-3-19(4-2)17-21(13-14-8-6-5-7-9-14)10-11-22(17)16-12-15(24)20-18(25)23(16)19/h5-12H,3-4,13H2,1-2H3,(H,20,24,25). The first kappa shape index (κ1) is 15.7. The number of benzene rings is 1. The first-order chi connectivity index (χ1) is 12.1. The molecule has 0 amide bonds. The lowest BCUT2D eigenvalue weighted by molar-refractivity contribution is -0.670. The average Bonchev–Trinajstić information content (AvgIpc) is 3.14. The van der Waals surface area contributed by atoms with Gasteiger partial charge in [-0.15, -0.1) is 0 Å². The number of fused-ring (bicyclic) bond motifs is 3. The fourth-order valence-corrected chi connectivity index (χ4v) is 4.40. The van der Waals surface area contributed by atoms with Crippen molar-refractivity contribution >= 4 is 12.0 Å². The average molecular weight is 336 g/mol. The van der Waals surface area contributed by atoms with Crippen LogP contribution < -0.4 is 21.5 Å². The predicted octanol–water partition coefficient (Wildman–Crippen LogP) is 0.717. The molecule has 128 valence electrons. The van der Waals surface area contributed by atoms with Gasteiger partial charge in [-0.3, -0.25) is 19.1 Å². The van der Waals surface area contributed by atoms with E-state index in [1.807, 2.05) is 35.2 Å². The summed E-state index contributed by atoms with van der Waals surface area (Å²) in [5.74, 6) is 0.666. The summed E-state index contributed by atoms with van der Waals surface area (Å²) >= 11 is 0. The Kier molecular flexibility index (Phi) is 3.52. The summed E-state index contributed by atoms with van der Waals surface area (Å²) in [6, 6.07) is 11.8. The van der Waals surface area contributed by atoms with Gasteiger partial charge in [-0.05, 0) is 5.56 Å². The van der Waals surface area contributed by atoms with Gasteiger partial charge >= 0.3 is 0 Å². The first-order valence-electron chi connectivity index (χ1n) is 8.81. The Morgan fingerprint density at radius 2 is 1.84 bits per heavy atom. The zero-order valence-electron chi connectivity index (χ0n) is 14.5. The molecule has 0 bridgehead atoms. The minimum Gasteiger partial charge on any atom is -0.425 e. The van der Waals surface area contributed by atoms with E-state index in [1.54, 1.807) is 4.48 Å². The fraction of sp³-hybridized carbons (Fsp3) is 0.278. The van der Waals surface area contributed by atoms with Crippen molar-refractivity contribution in [1.29, 1.82) is 0 Å². The number of aromatic nitrogens is 4. The molecule has 6 nitrogen and oxygen atoms in total. The summed E-state index contributed by atoms with van der Waals surface area (Å²) in [4.78, 5) is 26.9. The highest BCUT2D eigenvalue weighted by molar-refractivity contribution is 6.89. The number of nitrogens with one attached hydrogen (secondary N) is 1. The van der Waals surface area contributed by atoms with E-state index in [1.165, 1.54) is 11.6 Å². The number of hydrogen-bond acceptors (Lipinski definition) is 2. The van der Waals surface area contributed by atoms with Crippen LogP contribution in [0.3, 0.4) is 0 Å². The molecule has 25 heavy (non-hydrogen) atoms. The topological polar surface area (TPSA) is 63.7 Å². The number of aromatic amines is 1. The Hall–Kier alpha value is -2.83. The second kappa shape index (κ2) is 5.62. The summed E-state index contributed by atoms with van der Waals surface area (Å²) in [6.45, 7) is 4.96. The van der Waals surface area contributed by atoms with Gasteiger partial charge in [0.25, 0.3) is 11.2 Å². The van der Waals surface area contributed by atoms with Crippen molar-refractivity contribution in [3.8, 4) is 5.82 Å². The molecule has 1 aliphatic heterocycles. The highest BCUT2D eigenvalue weighted by Gasteiger charge is 2.45. The Morgan fingerprint density at radius 3 is 2.52 bits per heavy atom. The molecule has 0 radical (unpaired) electrons. The Balaban J connectivity index is 1.96. The van der Waals surface area contributed by atoms with E-state index in [9.17, 15) is 9.59 Å². The Labute approximate surface area is 145 Å². The normalized spacial score (nSPS) is 14.3. The van der Waals surface area contributed by atoms with E-state index in [-0.39, 0.29) is 11.2 Å². The van der Waals surface area contributed by atoms with Crippen LogP contribution in [0.1, 0.15) is 19.4 Å². The molecule has 3 aromatic rings. The Bertz CT molecular complexity index is 1040. The lowest BCUT2D eigenvalue weighted by Crippen LogP contribution is -2.67. The van der Waals surface area contributed by atoms with E-state index in [4.69, 9.17) is 0 Å². The summed E-state index contributed by atoms with van der Waals surface area (Å²) < 4.78 is 6.02. The van der Waals surface area contributed by atoms with E-state index >= 15 is 0 Å². The summed E-state index contributed by atoms with van der Waals surface area (Å²) in [7, 11) is 0. The van der Waals surface area contributed by atoms with Gasteiger partial charge in [-0.1, -0.05) is 44.2 Å². The molecule has 0 spiro atoms. The highest BCUT2D eigenvalue weighted by Crippen LogP contribution is 2.24. The van der Waals surface area contributed by atoms with Crippen LogP contribution in [0.15, 0.2) is 58.4 Å². The maximum Gasteiger partial charge on any atom is 0.291 e. The first-order valence-corrected chi connectivity index (χ1v) is 8.81. The van der Waals surface area contributed by atoms with Crippen LogP contribution in [0.4, 0.5) is 0 Å². The molecule has 1 aliphatic rings. The summed E-state index contributed by atoms with van der Waals surface area (Å²) in [5.41, 5.74) is 1.63. The van der Waals surface area contributed by atoms with E-state index in [0.29, 0.717) is 5.82 Å². The third kappa shape index (κ3) is 2.15. The lowest BCUT2D eigenvalue weighted by atomic mass is 9.31. The SMILES string of the molecule is CC[B-]1(CC)c2n(cc[n+]2Cc2ccccc2)-c2cc(=O)[nH]c(=O)n21. The van der Waals surface area contributed by atoms with Crippen molar-refractivity contribution in [2.45, 2.75) is 33.0 Å². The van der Waals surface area contributed by atoms with Gasteiger partial charge in [0.15, 0.2) is 5.82 Å². The number of rotatable bonds is 4. The molecule has 0 aliphatic carbocycles. The number of nitrogens with zero attached hydrogens (tertiary/aromatic N) is 3. The van der Waals surface area contributed by atoms with Gasteiger partial charge < -0.3 is 4.48 Å². The number of hydrogen-bond donors (Lipinski definition) is 1. The van der Waals surface area contributed by atoms with Crippen molar-refractivity contribution in [2.24, 2.45) is 0 Å². The molecule has 0 atom stereocenters. The van der Waals surface area contributed by atoms with Crippen LogP contribution in [-0.2, 0) is 6.54 Å². The molecule has 1 N–H and O–H groups in total. The van der Waals surface area contributed by atoms with Crippen molar-refractivity contribution in [3.63, 3.8) is 0 Å². The minimum absolute atomic E-state index is 0.318. The molecule has 0 unspecified atom stereocenters. The molecule has 2 aromatic heterocycles. The minimum atomic E-state index is -1.28. The maximum atomic E-state index is 12.6. The largest absolute Gasteiger partial charge is 0.425 e. The third-order valence-electron chi connectivity index (χ3n) is 5.66. The second-order valence-electron chi connectivity index (χ2n) is 6.81. The molecule has 4 rings (SSSR count). The zero-order valence-corrected chi connectivity index (χ0v) is 14.5. The predicted molar refractivity (Wildman–Crippen MR) is 98.1 cm³/mol. The highest BCUT2D eigenvalue weighted by atomic mass is 16.2. The van der Waals surface area contributed by atoms with Crippen LogP contribution in [0.5, 0.6) is 0 Å². The van der Waals surface area contributed by atoms with E-state index in [0.717, 1.165) is 24.9 Å². The monoisotopic (exact) mass is 336 g/mol. The lowest BCUT2D eigenvalue weighted by Gasteiger charge is -2.31. The van der Waals surface area contributed by atoms with Crippen LogP contribution in [0, 0.1) is 0 Å². The third-order valence-corrected chi connectivity index (χ3v) is 5.66. The summed E-state index contributed by atoms with van der Waals surface area (Å²) in [6.07, 6.45) is 4.37. The quantitative estimate of drug-likeness (QED) is 0.564. The molecule has 7 heteroatoms. The fourth-order valence-electron chi connectivity index (χ4n) is 4.40. The van der Waals surface area contributed by atoms with Crippen LogP contribution >= 0.6 is 0 Å². The number of imidazole rings is 1. The van der Waals surface area contributed by atoms with Crippen LogP contribution in [-0.4, -0.2) is 20.3 Å². The van der Waals surface area contributed by atoms with Crippen molar-refractivity contribution in [1.82, 2.24) is 14.0 Å². The van der Waals surface area contributed by atoms with Gasteiger partial charge in [0.2, 0.25) is 6.28 Å². The van der Waals surface area contributed by atoms with E-state index in [2.05, 4.69) is 35.5 Å². The molecule has 1 aromatic carbocycles. The van der Waals surface area contributed by atoms with Crippen LogP contribution in [0.2, 0.25) is 12.6 Å². The molecular formula is C18H21BN4O2. The smallest absolute Gasteiger partial charge is 0.291 e. The molecule has 0 saturated heterocycles. The number of H-pyrrole nitrogens is 1. The zero-order chi connectivity index (χ0) is 17.6. The maximum absolute atomic E-state index is 12.6. The van der Waals surface area contributed by atoms with Crippen LogP contribution in [0.25, 0.3) is 5.82 Å². The van der Waals surface area contributed by atoms with Gasteiger partial charge in [0.1, 0.15) is 24.7 Å². The second-order valence-corrected chi connectivity index (χ2v) is 6.81. The van der Waals surface area contributed by atoms with Crippen molar-refractivity contribution < 1.29 is 4.57 Å². The van der Waals surface area contributed by atoms with Crippen molar-refractivity contribution in [3.05, 3.63) is 75.2 Å². The van der Waals surface area contributed by atoms with Gasteiger partial charge in [-0.25, -0.2) is 4.57 Å². The van der Waals surface area contributed by atoms with Gasteiger partial charge in [0.05, 0.1) is 6.07 Å². The van der Waals surface area contributed by atoms with Gasteiger partial charge in [-0.2, -0.15) is 12.6 Å². The molecule has 3 heterocycles. The Morgan fingerprint density at radius 1 is 1.12 bits per heavy atom. The summed E-state index contributed by atoms with van der Waals surface area (Å²) in [5, 5.41) is 0. The molecular weight excluding hydrogens is 315 g/mol. The molecule has 0 saturated carbocycles.